The molecule has 0 aliphatic rings. The highest BCUT2D eigenvalue weighted by Crippen LogP contribution is 2.14. The molecule has 1 aromatic carbocycles. The molecular formula is C12H11FN2. The van der Waals surface area contributed by atoms with Crippen LogP contribution in [0.2, 0.25) is 0 Å². The highest BCUT2D eigenvalue weighted by Gasteiger charge is 2.01. The van der Waals surface area contributed by atoms with E-state index in [1.807, 2.05) is 19.1 Å². The van der Waals surface area contributed by atoms with Crippen molar-refractivity contribution in [2.75, 3.05) is 0 Å². The van der Waals surface area contributed by atoms with Gasteiger partial charge in [0.2, 0.25) is 0 Å². The number of aromatic nitrogens is 2. The zero-order valence-corrected chi connectivity index (χ0v) is 8.39. The largest absolute Gasteiger partial charge is 0.241 e. The summed E-state index contributed by atoms with van der Waals surface area (Å²) in [6.45, 7) is 1.86. The predicted octanol–water partition coefficient (Wildman–Crippen LogP) is 3.04. The maximum Gasteiger partial charge on any atom is 0.132 e. The van der Waals surface area contributed by atoms with Crippen molar-refractivity contribution >= 4 is 6.08 Å². The lowest BCUT2D eigenvalue weighted by Crippen LogP contribution is -1.95. The standard InChI is InChI=1S/C12H11FN2/c1-2-4-10-5-6-11(9-12(10)13)15-8-3-7-14-15/h2-9H,1H3/b4-2+. The Morgan fingerprint density at radius 2 is 2.27 bits per heavy atom. The third-order valence-electron chi connectivity index (χ3n) is 2.10. The number of hydrogen-bond acceptors (Lipinski definition) is 1. The molecule has 15 heavy (non-hydrogen) atoms. The number of hydrogen-bond donors (Lipinski definition) is 0. The Morgan fingerprint density at radius 3 is 2.87 bits per heavy atom. The summed E-state index contributed by atoms with van der Waals surface area (Å²) in [4.78, 5) is 0. The van der Waals surface area contributed by atoms with Gasteiger partial charge < -0.3 is 0 Å². The fourth-order valence-corrected chi connectivity index (χ4v) is 1.39. The van der Waals surface area contributed by atoms with Gasteiger partial charge in [-0.15, -0.1) is 0 Å². The number of allylic oxidation sites excluding steroid dienone is 1. The molecule has 1 aromatic heterocycles. The van der Waals surface area contributed by atoms with Crippen molar-refractivity contribution in [3.8, 4) is 5.69 Å². The van der Waals surface area contributed by atoms with Gasteiger partial charge in [-0.05, 0) is 25.1 Å². The molecule has 0 fully saturated rings. The Hall–Kier alpha value is -1.90. The van der Waals surface area contributed by atoms with Crippen LogP contribution < -0.4 is 0 Å². The molecule has 0 saturated heterocycles. The van der Waals surface area contributed by atoms with E-state index in [0.29, 0.717) is 5.56 Å². The molecule has 0 N–H and O–H groups in total. The van der Waals surface area contributed by atoms with Gasteiger partial charge in [-0.2, -0.15) is 5.10 Å². The van der Waals surface area contributed by atoms with Crippen LogP contribution in [-0.4, -0.2) is 9.78 Å². The number of rotatable bonds is 2. The second kappa shape index (κ2) is 4.09. The van der Waals surface area contributed by atoms with E-state index in [0.717, 1.165) is 5.69 Å². The Labute approximate surface area is 87.7 Å². The first kappa shape index (κ1) is 9.65. The highest BCUT2D eigenvalue weighted by molar-refractivity contribution is 5.52. The number of benzene rings is 1. The van der Waals surface area contributed by atoms with E-state index in [2.05, 4.69) is 5.10 Å². The van der Waals surface area contributed by atoms with Crippen molar-refractivity contribution in [1.82, 2.24) is 9.78 Å². The van der Waals surface area contributed by atoms with E-state index >= 15 is 0 Å². The third-order valence-corrected chi connectivity index (χ3v) is 2.10. The van der Waals surface area contributed by atoms with Crippen molar-refractivity contribution in [2.24, 2.45) is 0 Å². The first-order valence-electron chi connectivity index (χ1n) is 4.73. The van der Waals surface area contributed by atoms with E-state index in [1.165, 1.54) is 6.07 Å². The summed E-state index contributed by atoms with van der Waals surface area (Å²) in [5.74, 6) is -0.235. The van der Waals surface area contributed by atoms with Gasteiger partial charge in [-0.3, -0.25) is 0 Å². The van der Waals surface area contributed by atoms with Crippen LogP contribution in [0.25, 0.3) is 11.8 Å². The van der Waals surface area contributed by atoms with E-state index in [-0.39, 0.29) is 5.82 Å². The van der Waals surface area contributed by atoms with Gasteiger partial charge >= 0.3 is 0 Å². The first-order valence-corrected chi connectivity index (χ1v) is 4.73. The van der Waals surface area contributed by atoms with Crippen molar-refractivity contribution < 1.29 is 4.39 Å². The van der Waals surface area contributed by atoms with Crippen molar-refractivity contribution in [1.29, 1.82) is 0 Å². The average Bonchev–Trinajstić information content (AvgIpc) is 2.74. The Balaban J connectivity index is 2.42. The van der Waals surface area contributed by atoms with Gasteiger partial charge in [0.15, 0.2) is 0 Å². The summed E-state index contributed by atoms with van der Waals surface area (Å²) in [7, 11) is 0. The van der Waals surface area contributed by atoms with Crippen LogP contribution in [0.4, 0.5) is 4.39 Å². The Morgan fingerprint density at radius 1 is 1.40 bits per heavy atom. The van der Waals surface area contributed by atoms with Gasteiger partial charge in [-0.1, -0.05) is 12.2 Å². The minimum Gasteiger partial charge on any atom is -0.241 e. The molecule has 2 rings (SSSR count). The molecular weight excluding hydrogens is 191 g/mol. The molecule has 76 valence electrons. The Bertz CT molecular complexity index is 472. The fourth-order valence-electron chi connectivity index (χ4n) is 1.39. The Kier molecular flexibility index (Phi) is 2.63. The van der Waals surface area contributed by atoms with E-state index in [1.54, 1.807) is 35.3 Å². The molecule has 2 aromatic rings. The van der Waals surface area contributed by atoms with Gasteiger partial charge in [0.05, 0.1) is 5.69 Å². The molecule has 0 unspecified atom stereocenters. The maximum atomic E-state index is 13.5. The SMILES string of the molecule is C/C=C/c1ccc(-n2cccn2)cc1F. The van der Waals surface area contributed by atoms with Crippen LogP contribution in [0.1, 0.15) is 12.5 Å². The maximum absolute atomic E-state index is 13.5. The molecule has 1 heterocycles. The molecule has 0 aliphatic carbocycles. The summed E-state index contributed by atoms with van der Waals surface area (Å²) < 4.78 is 15.2. The summed E-state index contributed by atoms with van der Waals surface area (Å²) in [6.07, 6.45) is 7.00. The molecule has 2 nitrogen and oxygen atoms in total. The van der Waals surface area contributed by atoms with Crippen molar-refractivity contribution in [2.45, 2.75) is 6.92 Å². The second-order valence-electron chi connectivity index (χ2n) is 3.16. The van der Waals surface area contributed by atoms with Gasteiger partial charge in [-0.25, -0.2) is 9.07 Å². The molecule has 0 bridgehead atoms. The zero-order valence-electron chi connectivity index (χ0n) is 8.39. The lowest BCUT2D eigenvalue weighted by atomic mass is 10.2. The van der Waals surface area contributed by atoms with Gasteiger partial charge in [0.25, 0.3) is 0 Å². The highest BCUT2D eigenvalue weighted by atomic mass is 19.1. The smallest absolute Gasteiger partial charge is 0.132 e. The predicted molar refractivity (Wildman–Crippen MR) is 58.2 cm³/mol. The second-order valence-corrected chi connectivity index (χ2v) is 3.16. The topological polar surface area (TPSA) is 17.8 Å². The van der Waals surface area contributed by atoms with Gasteiger partial charge in [0.1, 0.15) is 5.82 Å². The molecule has 0 radical (unpaired) electrons. The monoisotopic (exact) mass is 202 g/mol. The van der Waals surface area contributed by atoms with E-state index in [4.69, 9.17) is 0 Å². The normalized spacial score (nSPS) is 11.1. The first-order chi connectivity index (χ1) is 7.31. The third kappa shape index (κ3) is 1.96. The number of halogens is 1. The van der Waals surface area contributed by atoms with Crippen LogP contribution in [0.15, 0.2) is 42.7 Å². The van der Waals surface area contributed by atoms with E-state index < -0.39 is 0 Å². The number of nitrogens with zero attached hydrogens (tertiary/aromatic N) is 2. The van der Waals surface area contributed by atoms with Crippen LogP contribution in [0.5, 0.6) is 0 Å². The summed E-state index contributed by atoms with van der Waals surface area (Å²) in [6, 6.07) is 6.86. The van der Waals surface area contributed by atoms with Gasteiger partial charge in [0, 0.05) is 24.0 Å². The zero-order chi connectivity index (χ0) is 10.7. The molecule has 0 spiro atoms. The van der Waals surface area contributed by atoms with E-state index in [9.17, 15) is 4.39 Å². The lowest BCUT2D eigenvalue weighted by molar-refractivity contribution is 0.622. The quantitative estimate of drug-likeness (QED) is 0.731. The van der Waals surface area contributed by atoms with Crippen molar-refractivity contribution in [3.05, 3.63) is 54.1 Å². The summed E-state index contributed by atoms with van der Waals surface area (Å²) in [5.41, 5.74) is 1.32. The minimum absolute atomic E-state index is 0.235. The molecule has 0 atom stereocenters. The summed E-state index contributed by atoms with van der Waals surface area (Å²) in [5, 5.41) is 4.04. The van der Waals surface area contributed by atoms with Crippen LogP contribution >= 0.6 is 0 Å². The van der Waals surface area contributed by atoms with Crippen molar-refractivity contribution in [3.63, 3.8) is 0 Å². The molecule has 0 amide bonds. The minimum atomic E-state index is -0.235. The van der Waals surface area contributed by atoms with Crippen LogP contribution in [0, 0.1) is 5.82 Å². The molecule has 3 heteroatoms. The van der Waals surface area contributed by atoms with Crippen LogP contribution in [0.3, 0.4) is 0 Å². The molecule has 0 aliphatic heterocycles. The molecule has 0 saturated carbocycles. The summed E-state index contributed by atoms with van der Waals surface area (Å²) >= 11 is 0. The fraction of sp³-hybridized carbons (Fsp3) is 0.0833. The average molecular weight is 202 g/mol. The van der Waals surface area contributed by atoms with Crippen LogP contribution in [-0.2, 0) is 0 Å². The lowest BCUT2D eigenvalue weighted by Gasteiger charge is -2.03.